The van der Waals surface area contributed by atoms with E-state index in [-0.39, 0.29) is 11.6 Å². The molecule has 6 heteroatoms. The van der Waals surface area contributed by atoms with Gasteiger partial charge in [-0.2, -0.15) is 0 Å². The largest absolute Gasteiger partial charge is 0.325 e. The topological polar surface area (TPSA) is 77.8 Å². The number of anilines is 1. The normalized spacial score (nSPS) is 11.0. The Kier molecular flexibility index (Phi) is 4.03. The quantitative estimate of drug-likeness (QED) is 0.491. The highest BCUT2D eigenvalue weighted by Gasteiger charge is 2.06. The molecular weight excluding hydrogens is 334 g/mol. The average molecular weight is 349 g/mol. The fraction of sp³-hybridized carbons (Fsp3) is 0.0526. The lowest BCUT2D eigenvalue weighted by Crippen LogP contribution is -2.13. The van der Waals surface area contributed by atoms with Gasteiger partial charge in [0.15, 0.2) is 0 Å². The molecule has 3 N–H and O–H groups in total. The summed E-state index contributed by atoms with van der Waals surface area (Å²) in [4.78, 5) is 29.9. The second kappa shape index (κ2) is 6.49. The molecule has 0 fully saturated rings. The number of imidazole rings is 1. The number of nitrogens with one attached hydrogen (secondary N) is 3. The van der Waals surface area contributed by atoms with Gasteiger partial charge in [-0.3, -0.25) is 4.79 Å². The van der Waals surface area contributed by atoms with Gasteiger partial charge < -0.3 is 15.3 Å². The van der Waals surface area contributed by atoms with Crippen molar-refractivity contribution in [1.82, 2.24) is 9.97 Å². The van der Waals surface area contributed by atoms with Crippen molar-refractivity contribution in [3.8, 4) is 0 Å². The van der Waals surface area contributed by atoms with Crippen molar-refractivity contribution in [3.63, 3.8) is 0 Å². The van der Waals surface area contributed by atoms with Crippen LogP contribution in [0.25, 0.3) is 21.8 Å². The van der Waals surface area contributed by atoms with Gasteiger partial charge in [-0.25, -0.2) is 4.79 Å². The van der Waals surface area contributed by atoms with Crippen LogP contribution in [0.2, 0.25) is 0 Å². The Bertz CT molecular complexity index is 1130. The molecule has 0 spiro atoms. The molecule has 0 atom stereocenters. The number of rotatable bonds is 4. The van der Waals surface area contributed by atoms with Crippen molar-refractivity contribution in [2.45, 2.75) is 4.90 Å². The summed E-state index contributed by atoms with van der Waals surface area (Å²) in [6.45, 7) is 0. The third kappa shape index (κ3) is 3.44. The lowest BCUT2D eigenvalue weighted by molar-refractivity contribution is -0.113. The lowest BCUT2D eigenvalue weighted by Gasteiger charge is -2.06. The summed E-state index contributed by atoms with van der Waals surface area (Å²) < 4.78 is 0. The first-order valence-corrected chi connectivity index (χ1v) is 8.79. The number of hydrogen-bond acceptors (Lipinski definition) is 3. The van der Waals surface area contributed by atoms with Crippen LogP contribution in [0.15, 0.2) is 70.4 Å². The molecule has 0 bridgehead atoms. The Morgan fingerprint density at radius 1 is 0.920 bits per heavy atom. The van der Waals surface area contributed by atoms with E-state index < -0.39 is 0 Å². The van der Waals surface area contributed by atoms with Crippen LogP contribution < -0.4 is 11.0 Å². The average Bonchev–Trinajstić information content (AvgIpc) is 2.99. The Balaban J connectivity index is 1.42. The zero-order chi connectivity index (χ0) is 17.2. The molecule has 1 heterocycles. The molecule has 5 nitrogen and oxygen atoms in total. The van der Waals surface area contributed by atoms with E-state index in [4.69, 9.17) is 0 Å². The molecule has 0 aliphatic carbocycles. The van der Waals surface area contributed by atoms with Gasteiger partial charge >= 0.3 is 5.69 Å². The predicted octanol–water partition coefficient (Wildman–Crippen LogP) is 3.74. The van der Waals surface area contributed by atoms with Gasteiger partial charge in [0, 0.05) is 10.6 Å². The van der Waals surface area contributed by atoms with Crippen LogP contribution in [-0.2, 0) is 4.79 Å². The molecule has 0 saturated carbocycles. The second-order valence-electron chi connectivity index (χ2n) is 5.69. The molecule has 0 aliphatic rings. The molecule has 124 valence electrons. The van der Waals surface area contributed by atoms with E-state index in [1.54, 1.807) is 18.2 Å². The van der Waals surface area contributed by atoms with Crippen LogP contribution in [0.5, 0.6) is 0 Å². The standard InChI is InChI=1S/C19H15N3O2S/c23-18(20-14-6-8-16-17(10-14)22-19(24)21-16)11-25-15-7-5-12-3-1-2-4-13(12)9-15/h1-10H,11H2,(H,20,23)(H2,21,22,24). The van der Waals surface area contributed by atoms with E-state index in [1.165, 1.54) is 17.1 Å². The minimum Gasteiger partial charge on any atom is -0.325 e. The van der Waals surface area contributed by atoms with Crippen molar-refractivity contribution in [3.05, 3.63) is 71.1 Å². The van der Waals surface area contributed by atoms with Crippen LogP contribution in [0.1, 0.15) is 0 Å². The number of H-pyrrole nitrogens is 2. The van der Waals surface area contributed by atoms with Gasteiger partial charge in [-0.05, 0) is 41.1 Å². The summed E-state index contributed by atoms with van der Waals surface area (Å²) in [6, 6.07) is 19.6. The summed E-state index contributed by atoms with van der Waals surface area (Å²) in [6.07, 6.45) is 0. The number of carbonyl (C=O) groups is 1. The Labute approximate surface area is 147 Å². The number of carbonyl (C=O) groups excluding carboxylic acids is 1. The summed E-state index contributed by atoms with van der Waals surface area (Å²) >= 11 is 1.49. The maximum atomic E-state index is 12.2. The molecule has 3 aromatic carbocycles. The maximum absolute atomic E-state index is 12.2. The van der Waals surface area contributed by atoms with Gasteiger partial charge in [-0.15, -0.1) is 11.8 Å². The van der Waals surface area contributed by atoms with Gasteiger partial charge in [0.25, 0.3) is 0 Å². The monoisotopic (exact) mass is 349 g/mol. The first-order valence-electron chi connectivity index (χ1n) is 7.81. The van der Waals surface area contributed by atoms with E-state index >= 15 is 0 Å². The van der Waals surface area contributed by atoms with Crippen LogP contribution in [0, 0.1) is 0 Å². The minimum absolute atomic E-state index is 0.0876. The maximum Gasteiger partial charge on any atom is 0.323 e. The fourth-order valence-electron chi connectivity index (χ4n) is 2.71. The predicted molar refractivity (Wildman–Crippen MR) is 102 cm³/mol. The Hall–Kier alpha value is -2.99. The molecule has 0 radical (unpaired) electrons. The first-order chi connectivity index (χ1) is 12.2. The van der Waals surface area contributed by atoms with Crippen molar-refractivity contribution in [2.24, 2.45) is 0 Å². The van der Waals surface area contributed by atoms with Crippen LogP contribution in [0.3, 0.4) is 0 Å². The molecule has 0 aliphatic heterocycles. The van der Waals surface area contributed by atoms with Crippen molar-refractivity contribution >= 4 is 45.2 Å². The summed E-state index contributed by atoms with van der Waals surface area (Å²) in [7, 11) is 0. The molecular formula is C19H15N3O2S. The van der Waals surface area contributed by atoms with Gasteiger partial charge in [0.2, 0.25) is 5.91 Å². The third-order valence-corrected chi connectivity index (χ3v) is 4.88. The lowest BCUT2D eigenvalue weighted by atomic mass is 10.1. The molecule has 1 aromatic heterocycles. The molecule has 25 heavy (non-hydrogen) atoms. The number of aromatic amines is 2. The molecule has 4 rings (SSSR count). The molecule has 0 unspecified atom stereocenters. The fourth-order valence-corrected chi connectivity index (χ4v) is 3.46. The van der Waals surface area contributed by atoms with Crippen molar-refractivity contribution in [1.29, 1.82) is 0 Å². The van der Waals surface area contributed by atoms with E-state index in [0.717, 1.165) is 10.3 Å². The van der Waals surface area contributed by atoms with Gasteiger partial charge in [0.1, 0.15) is 0 Å². The number of benzene rings is 3. The number of hydrogen-bond donors (Lipinski definition) is 3. The number of amides is 1. The molecule has 1 amide bonds. The van der Waals surface area contributed by atoms with E-state index in [0.29, 0.717) is 22.5 Å². The zero-order valence-electron chi connectivity index (χ0n) is 13.2. The minimum atomic E-state index is -0.259. The molecule has 0 saturated heterocycles. The highest BCUT2D eigenvalue weighted by atomic mass is 32.2. The number of fused-ring (bicyclic) bond motifs is 2. The Morgan fingerprint density at radius 3 is 2.60 bits per heavy atom. The van der Waals surface area contributed by atoms with E-state index in [9.17, 15) is 9.59 Å². The van der Waals surface area contributed by atoms with E-state index in [1.807, 2.05) is 18.2 Å². The van der Waals surface area contributed by atoms with E-state index in [2.05, 4.69) is 39.6 Å². The summed E-state index contributed by atoms with van der Waals surface area (Å²) in [5.74, 6) is 0.232. The second-order valence-corrected chi connectivity index (χ2v) is 6.73. The van der Waals surface area contributed by atoms with Crippen molar-refractivity contribution in [2.75, 3.05) is 11.1 Å². The van der Waals surface area contributed by atoms with Crippen LogP contribution in [-0.4, -0.2) is 21.6 Å². The third-order valence-electron chi connectivity index (χ3n) is 3.89. The van der Waals surface area contributed by atoms with Crippen LogP contribution in [0.4, 0.5) is 5.69 Å². The molecule has 4 aromatic rings. The zero-order valence-corrected chi connectivity index (χ0v) is 14.0. The highest BCUT2D eigenvalue weighted by molar-refractivity contribution is 8.00. The number of aromatic nitrogens is 2. The Morgan fingerprint density at radius 2 is 1.72 bits per heavy atom. The van der Waals surface area contributed by atoms with Gasteiger partial charge in [-0.1, -0.05) is 30.3 Å². The van der Waals surface area contributed by atoms with Crippen molar-refractivity contribution < 1.29 is 4.79 Å². The van der Waals surface area contributed by atoms with Gasteiger partial charge in [0.05, 0.1) is 16.8 Å². The first kappa shape index (κ1) is 15.5. The number of thioether (sulfide) groups is 1. The smallest absolute Gasteiger partial charge is 0.323 e. The summed E-state index contributed by atoms with van der Waals surface area (Å²) in [5.41, 5.74) is 1.79. The summed E-state index contributed by atoms with van der Waals surface area (Å²) in [5, 5.41) is 5.20. The van der Waals surface area contributed by atoms with Crippen LogP contribution >= 0.6 is 11.8 Å². The SMILES string of the molecule is O=C(CSc1ccc2ccccc2c1)Nc1ccc2[nH]c(=O)[nH]c2c1. The highest BCUT2D eigenvalue weighted by Crippen LogP contribution is 2.24.